The molecule has 1 aromatic carbocycles. The minimum Gasteiger partial charge on any atom is -0.380 e. The molecule has 120 valence electrons. The van der Waals surface area contributed by atoms with Gasteiger partial charge in [-0.1, -0.05) is 12.1 Å². The number of carbonyl (C=O) groups excluding carboxylic acids is 1. The third kappa shape index (κ3) is 3.01. The first-order valence-electron chi connectivity index (χ1n) is 7.86. The fourth-order valence-electron chi connectivity index (χ4n) is 3.48. The lowest BCUT2D eigenvalue weighted by atomic mass is 9.94. The summed E-state index contributed by atoms with van der Waals surface area (Å²) < 4.78 is 13.0. The Balaban J connectivity index is 1.72. The summed E-state index contributed by atoms with van der Waals surface area (Å²) in [6, 6.07) is 6.65. The van der Waals surface area contributed by atoms with Crippen LogP contribution in [0.25, 0.3) is 0 Å². The van der Waals surface area contributed by atoms with Crippen molar-refractivity contribution in [3.05, 3.63) is 35.6 Å². The highest BCUT2D eigenvalue weighted by Crippen LogP contribution is 2.36. The lowest BCUT2D eigenvalue weighted by Gasteiger charge is -2.35. The fourth-order valence-corrected chi connectivity index (χ4v) is 4.65. The normalized spacial score (nSPS) is 27.9. The molecule has 3 rings (SSSR count). The Hall–Kier alpha value is -1.07. The number of hydrogen-bond donors (Lipinski definition) is 1. The van der Waals surface area contributed by atoms with Crippen molar-refractivity contribution in [2.24, 2.45) is 0 Å². The second kappa shape index (κ2) is 6.20. The van der Waals surface area contributed by atoms with E-state index in [1.54, 1.807) is 23.9 Å². The van der Waals surface area contributed by atoms with Gasteiger partial charge in [-0.2, -0.15) is 11.8 Å². The second-order valence-electron chi connectivity index (χ2n) is 6.43. The van der Waals surface area contributed by atoms with Crippen molar-refractivity contribution in [2.75, 3.05) is 18.1 Å². The molecule has 22 heavy (non-hydrogen) atoms. The van der Waals surface area contributed by atoms with Crippen LogP contribution in [0.4, 0.5) is 4.39 Å². The van der Waals surface area contributed by atoms with Gasteiger partial charge in [0.05, 0.1) is 0 Å². The molecule has 2 atom stereocenters. The molecule has 3 nitrogen and oxygen atoms in total. The number of hydrogen-bond acceptors (Lipinski definition) is 3. The SMILES string of the molecule is CC1CC(c2ccc(F)cc2)CN1C(=O)C1(O)CCSCC1. The first-order chi connectivity index (χ1) is 10.5. The number of halogens is 1. The largest absolute Gasteiger partial charge is 0.380 e. The van der Waals surface area contributed by atoms with E-state index in [2.05, 4.69) is 0 Å². The van der Waals surface area contributed by atoms with Crippen LogP contribution in [-0.4, -0.2) is 45.6 Å². The number of rotatable bonds is 2. The lowest BCUT2D eigenvalue weighted by Crippen LogP contribution is -2.52. The quantitative estimate of drug-likeness (QED) is 0.910. The molecule has 1 aromatic rings. The molecule has 0 aliphatic carbocycles. The summed E-state index contributed by atoms with van der Waals surface area (Å²) in [4.78, 5) is 14.6. The van der Waals surface area contributed by atoms with Crippen molar-refractivity contribution in [3.63, 3.8) is 0 Å². The minimum atomic E-state index is -1.18. The summed E-state index contributed by atoms with van der Waals surface area (Å²) in [5.74, 6) is 1.54. The van der Waals surface area contributed by atoms with Crippen molar-refractivity contribution in [1.29, 1.82) is 0 Å². The van der Waals surface area contributed by atoms with Gasteiger partial charge in [0.15, 0.2) is 0 Å². The summed E-state index contributed by atoms with van der Waals surface area (Å²) in [6.07, 6.45) is 1.95. The molecule has 0 radical (unpaired) electrons. The number of likely N-dealkylation sites (tertiary alicyclic amines) is 1. The van der Waals surface area contributed by atoms with Crippen LogP contribution < -0.4 is 0 Å². The highest BCUT2D eigenvalue weighted by atomic mass is 32.2. The molecular formula is C17H22FNO2S. The maximum absolute atomic E-state index is 13.0. The van der Waals surface area contributed by atoms with Crippen LogP contribution >= 0.6 is 11.8 Å². The maximum atomic E-state index is 13.0. The Morgan fingerprint density at radius 3 is 2.59 bits per heavy atom. The van der Waals surface area contributed by atoms with Gasteiger partial charge in [0.1, 0.15) is 11.4 Å². The van der Waals surface area contributed by atoms with Gasteiger partial charge < -0.3 is 10.0 Å². The summed E-state index contributed by atoms with van der Waals surface area (Å²) in [5, 5.41) is 10.7. The Labute approximate surface area is 134 Å². The molecule has 0 aromatic heterocycles. The minimum absolute atomic E-state index is 0.112. The van der Waals surface area contributed by atoms with E-state index in [1.165, 1.54) is 12.1 Å². The smallest absolute Gasteiger partial charge is 0.254 e. The van der Waals surface area contributed by atoms with E-state index in [9.17, 15) is 14.3 Å². The molecule has 5 heteroatoms. The van der Waals surface area contributed by atoms with Gasteiger partial charge in [0.25, 0.3) is 5.91 Å². The van der Waals surface area contributed by atoms with E-state index in [0.29, 0.717) is 19.4 Å². The van der Waals surface area contributed by atoms with Crippen molar-refractivity contribution < 1.29 is 14.3 Å². The molecule has 2 saturated heterocycles. The van der Waals surface area contributed by atoms with E-state index in [0.717, 1.165) is 23.5 Å². The summed E-state index contributed by atoms with van der Waals surface area (Å²) in [7, 11) is 0. The number of amides is 1. The summed E-state index contributed by atoms with van der Waals surface area (Å²) in [5.41, 5.74) is -0.119. The van der Waals surface area contributed by atoms with Crippen LogP contribution in [0.5, 0.6) is 0 Å². The van der Waals surface area contributed by atoms with E-state index in [1.807, 2.05) is 11.8 Å². The van der Waals surface area contributed by atoms with Crippen molar-refractivity contribution >= 4 is 17.7 Å². The Morgan fingerprint density at radius 1 is 1.32 bits per heavy atom. The van der Waals surface area contributed by atoms with E-state index < -0.39 is 5.60 Å². The van der Waals surface area contributed by atoms with E-state index in [4.69, 9.17) is 0 Å². The van der Waals surface area contributed by atoms with Crippen molar-refractivity contribution in [1.82, 2.24) is 4.90 Å². The highest BCUT2D eigenvalue weighted by Gasteiger charge is 2.44. The predicted octanol–water partition coefficient (Wildman–Crippen LogP) is 2.79. The molecule has 2 unspecified atom stereocenters. The molecule has 1 amide bonds. The Morgan fingerprint density at radius 2 is 1.95 bits per heavy atom. The van der Waals surface area contributed by atoms with Gasteiger partial charge in [-0.3, -0.25) is 4.79 Å². The molecule has 1 N–H and O–H groups in total. The molecule has 2 heterocycles. The monoisotopic (exact) mass is 323 g/mol. The molecule has 2 aliphatic heterocycles. The number of thioether (sulfide) groups is 1. The van der Waals surface area contributed by atoms with Crippen molar-refractivity contribution in [3.8, 4) is 0 Å². The molecule has 0 bridgehead atoms. The van der Waals surface area contributed by atoms with Crippen LogP contribution in [0.2, 0.25) is 0 Å². The van der Waals surface area contributed by atoms with Gasteiger partial charge in [0, 0.05) is 18.5 Å². The van der Waals surface area contributed by atoms with Gasteiger partial charge in [-0.05, 0) is 55.4 Å². The number of carbonyl (C=O) groups is 1. The van der Waals surface area contributed by atoms with Gasteiger partial charge in [-0.15, -0.1) is 0 Å². The third-order valence-corrected chi connectivity index (χ3v) is 5.88. The topological polar surface area (TPSA) is 40.5 Å². The Bertz CT molecular complexity index is 542. The zero-order valence-corrected chi connectivity index (χ0v) is 13.6. The number of benzene rings is 1. The highest BCUT2D eigenvalue weighted by molar-refractivity contribution is 7.99. The Kier molecular flexibility index (Phi) is 4.46. The van der Waals surface area contributed by atoms with Gasteiger partial charge >= 0.3 is 0 Å². The fraction of sp³-hybridized carbons (Fsp3) is 0.588. The van der Waals surface area contributed by atoms with Gasteiger partial charge in [-0.25, -0.2) is 4.39 Å². The van der Waals surface area contributed by atoms with E-state index >= 15 is 0 Å². The van der Waals surface area contributed by atoms with Crippen LogP contribution in [0.3, 0.4) is 0 Å². The lowest BCUT2D eigenvalue weighted by molar-refractivity contribution is -0.152. The van der Waals surface area contributed by atoms with Crippen LogP contribution in [0.15, 0.2) is 24.3 Å². The van der Waals surface area contributed by atoms with Gasteiger partial charge in [0.2, 0.25) is 0 Å². The molecule has 2 fully saturated rings. The van der Waals surface area contributed by atoms with E-state index in [-0.39, 0.29) is 23.7 Å². The van der Waals surface area contributed by atoms with Crippen molar-refractivity contribution in [2.45, 2.75) is 43.7 Å². The predicted molar refractivity (Wildman–Crippen MR) is 86.4 cm³/mol. The number of nitrogens with zero attached hydrogens (tertiary/aromatic N) is 1. The summed E-state index contributed by atoms with van der Waals surface area (Å²) >= 11 is 1.79. The number of aliphatic hydroxyl groups is 1. The molecule has 2 aliphatic rings. The molecule has 0 saturated carbocycles. The zero-order chi connectivity index (χ0) is 15.7. The average Bonchev–Trinajstić information content (AvgIpc) is 2.90. The second-order valence-corrected chi connectivity index (χ2v) is 7.66. The van der Waals surface area contributed by atoms with Crippen LogP contribution in [0.1, 0.15) is 37.7 Å². The van der Waals surface area contributed by atoms with Crippen LogP contribution in [0, 0.1) is 5.82 Å². The maximum Gasteiger partial charge on any atom is 0.254 e. The first-order valence-corrected chi connectivity index (χ1v) is 9.02. The summed E-state index contributed by atoms with van der Waals surface area (Å²) in [6.45, 7) is 2.64. The third-order valence-electron chi connectivity index (χ3n) is 4.90. The molecule has 0 spiro atoms. The molecular weight excluding hydrogens is 301 g/mol. The van der Waals surface area contributed by atoms with Crippen LogP contribution in [-0.2, 0) is 4.79 Å². The zero-order valence-electron chi connectivity index (χ0n) is 12.8. The first kappa shape index (κ1) is 15.8. The average molecular weight is 323 g/mol. The standard InChI is InChI=1S/C17H22FNO2S/c1-12-10-14(13-2-4-15(18)5-3-13)11-19(12)16(20)17(21)6-8-22-9-7-17/h2-5,12,14,21H,6-11H2,1H3.